The molecule has 1 aromatic rings. The van der Waals surface area contributed by atoms with Crippen molar-refractivity contribution < 1.29 is 14.3 Å². The maximum Gasteiger partial charge on any atom is 0.217 e. The molecule has 1 aliphatic rings. The molecule has 2 N–H and O–H groups in total. The Morgan fingerprint density at radius 1 is 1.47 bits per heavy atom. The first-order valence-electron chi connectivity index (χ1n) is 6.52. The van der Waals surface area contributed by atoms with Crippen LogP contribution in [-0.4, -0.2) is 35.0 Å². The van der Waals surface area contributed by atoms with Crippen LogP contribution in [0.1, 0.15) is 25.3 Å². The minimum atomic E-state index is -0.578. The van der Waals surface area contributed by atoms with Crippen LogP contribution in [0.25, 0.3) is 0 Å². The molecule has 0 spiro atoms. The van der Waals surface area contributed by atoms with Gasteiger partial charge in [0.2, 0.25) is 5.91 Å². The fourth-order valence-electron chi connectivity index (χ4n) is 2.45. The number of halogens is 1. The van der Waals surface area contributed by atoms with E-state index in [-0.39, 0.29) is 17.7 Å². The molecular formula is C14H19FN2O2. The molecule has 0 atom stereocenters. The van der Waals surface area contributed by atoms with Gasteiger partial charge in [0.05, 0.1) is 0 Å². The molecule has 1 saturated heterocycles. The van der Waals surface area contributed by atoms with Crippen molar-refractivity contribution in [2.75, 3.05) is 13.1 Å². The molecular weight excluding hydrogens is 247 g/mol. The molecule has 0 unspecified atom stereocenters. The molecule has 0 bridgehead atoms. The van der Waals surface area contributed by atoms with Crippen molar-refractivity contribution in [3.05, 3.63) is 29.6 Å². The summed E-state index contributed by atoms with van der Waals surface area (Å²) in [6, 6.07) is 4.82. The average molecular weight is 266 g/mol. The van der Waals surface area contributed by atoms with Crippen molar-refractivity contribution in [1.82, 2.24) is 10.2 Å². The van der Waals surface area contributed by atoms with Gasteiger partial charge < -0.3 is 10.4 Å². The Hall–Kier alpha value is -1.62. The van der Waals surface area contributed by atoms with E-state index in [1.54, 1.807) is 12.1 Å². The summed E-state index contributed by atoms with van der Waals surface area (Å²) in [6.07, 6.45) is 1.77. The fraction of sp³-hybridized carbons (Fsp3) is 0.500. The second kappa shape index (κ2) is 6.02. The van der Waals surface area contributed by atoms with Crippen molar-refractivity contribution in [3.63, 3.8) is 0 Å². The normalized spacial score (nSPS) is 17.4. The van der Waals surface area contributed by atoms with Crippen LogP contribution in [-0.2, 0) is 11.3 Å². The molecule has 4 nitrogen and oxygen atoms in total. The average Bonchev–Trinajstić information content (AvgIpc) is 2.37. The minimum absolute atomic E-state index is 0.00113. The minimum Gasteiger partial charge on any atom is -0.505 e. The van der Waals surface area contributed by atoms with Gasteiger partial charge in [-0.3, -0.25) is 9.69 Å². The highest BCUT2D eigenvalue weighted by molar-refractivity contribution is 5.73. The Labute approximate surface area is 112 Å². The van der Waals surface area contributed by atoms with E-state index in [1.807, 2.05) is 0 Å². The SMILES string of the molecule is CC(=O)NC1CCN(Cc2cccc(F)c2O)CC1. The third kappa shape index (κ3) is 3.67. The number of hydrogen-bond donors (Lipinski definition) is 2. The Morgan fingerprint density at radius 3 is 2.79 bits per heavy atom. The molecule has 104 valence electrons. The van der Waals surface area contributed by atoms with Crippen molar-refractivity contribution in [2.24, 2.45) is 0 Å². The zero-order valence-corrected chi connectivity index (χ0v) is 11.0. The molecule has 1 aliphatic heterocycles. The van der Waals surface area contributed by atoms with Gasteiger partial charge in [-0.1, -0.05) is 12.1 Å². The zero-order chi connectivity index (χ0) is 13.8. The Morgan fingerprint density at radius 2 is 2.16 bits per heavy atom. The zero-order valence-electron chi connectivity index (χ0n) is 11.0. The number of phenols is 1. The standard InChI is InChI=1S/C14H19FN2O2/c1-10(18)16-12-5-7-17(8-6-12)9-11-3-2-4-13(15)14(11)19/h2-4,12,19H,5-9H2,1H3,(H,16,18). The van der Waals surface area contributed by atoms with Gasteiger partial charge >= 0.3 is 0 Å². The quantitative estimate of drug-likeness (QED) is 0.874. The molecule has 2 rings (SSSR count). The number of carbonyl (C=O) groups is 1. The van der Waals surface area contributed by atoms with Gasteiger partial charge in [0.15, 0.2) is 11.6 Å². The fourth-order valence-corrected chi connectivity index (χ4v) is 2.45. The number of rotatable bonds is 3. The number of likely N-dealkylation sites (tertiary alicyclic amines) is 1. The van der Waals surface area contributed by atoms with Crippen LogP contribution in [0.3, 0.4) is 0 Å². The summed E-state index contributed by atoms with van der Waals surface area (Å²) >= 11 is 0. The smallest absolute Gasteiger partial charge is 0.217 e. The van der Waals surface area contributed by atoms with E-state index >= 15 is 0 Å². The summed E-state index contributed by atoms with van der Waals surface area (Å²) in [5.74, 6) is -0.835. The molecule has 1 amide bonds. The molecule has 1 aromatic carbocycles. The number of phenolic OH excluding ortho intramolecular Hbond substituents is 1. The number of para-hydroxylation sites is 1. The molecule has 19 heavy (non-hydrogen) atoms. The molecule has 0 radical (unpaired) electrons. The number of aromatic hydroxyl groups is 1. The number of piperidine rings is 1. The first kappa shape index (κ1) is 13.8. The molecule has 1 heterocycles. The van der Waals surface area contributed by atoms with Crippen LogP contribution in [0.15, 0.2) is 18.2 Å². The van der Waals surface area contributed by atoms with Crippen LogP contribution in [0.5, 0.6) is 5.75 Å². The summed E-state index contributed by atoms with van der Waals surface area (Å²) in [5, 5.41) is 12.6. The predicted molar refractivity (Wildman–Crippen MR) is 70.2 cm³/mol. The monoisotopic (exact) mass is 266 g/mol. The van der Waals surface area contributed by atoms with Crippen molar-refractivity contribution in [2.45, 2.75) is 32.4 Å². The third-order valence-corrected chi connectivity index (χ3v) is 3.46. The highest BCUT2D eigenvalue weighted by Crippen LogP contribution is 2.23. The van der Waals surface area contributed by atoms with Crippen LogP contribution < -0.4 is 5.32 Å². The third-order valence-electron chi connectivity index (χ3n) is 3.46. The lowest BCUT2D eigenvalue weighted by Crippen LogP contribution is -2.43. The number of benzene rings is 1. The largest absolute Gasteiger partial charge is 0.505 e. The topological polar surface area (TPSA) is 52.6 Å². The van der Waals surface area contributed by atoms with E-state index in [4.69, 9.17) is 0 Å². The van der Waals surface area contributed by atoms with E-state index in [1.165, 1.54) is 13.0 Å². The van der Waals surface area contributed by atoms with Crippen LogP contribution in [0, 0.1) is 5.82 Å². The van der Waals surface area contributed by atoms with Crippen molar-refractivity contribution in [1.29, 1.82) is 0 Å². The number of nitrogens with zero attached hydrogens (tertiary/aromatic N) is 1. The first-order chi connectivity index (χ1) is 9.06. The lowest BCUT2D eigenvalue weighted by atomic mass is 10.0. The van der Waals surface area contributed by atoms with E-state index < -0.39 is 5.82 Å². The number of hydrogen-bond acceptors (Lipinski definition) is 3. The summed E-state index contributed by atoms with van der Waals surface area (Å²) < 4.78 is 13.2. The second-order valence-electron chi connectivity index (χ2n) is 5.00. The van der Waals surface area contributed by atoms with Crippen molar-refractivity contribution >= 4 is 5.91 Å². The number of nitrogens with one attached hydrogen (secondary N) is 1. The highest BCUT2D eigenvalue weighted by Gasteiger charge is 2.20. The van der Waals surface area contributed by atoms with Gasteiger partial charge in [0.25, 0.3) is 0 Å². The number of carbonyl (C=O) groups excluding carboxylic acids is 1. The van der Waals surface area contributed by atoms with Gasteiger partial charge in [0, 0.05) is 38.2 Å². The van der Waals surface area contributed by atoms with E-state index in [2.05, 4.69) is 10.2 Å². The molecule has 1 fully saturated rings. The Bertz CT molecular complexity index is 457. The van der Waals surface area contributed by atoms with Gasteiger partial charge in [-0.05, 0) is 18.9 Å². The molecule has 0 aromatic heterocycles. The van der Waals surface area contributed by atoms with Crippen molar-refractivity contribution in [3.8, 4) is 5.75 Å². The summed E-state index contributed by atoms with van der Waals surface area (Å²) in [5.41, 5.74) is 0.609. The number of amides is 1. The van der Waals surface area contributed by atoms with E-state index in [0.717, 1.165) is 25.9 Å². The highest BCUT2D eigenvalue weighted by atomic mass is 19.1. The van der Waals surface area contributed by atoms with E-state index in [9.17, 15) is 14.3 Å². The Balaban J connectivity index is 1.89. The van der Waals surface area contributed by atoms with Crippen LogP contribution in [0.2, 0.25) is 0 Å². The van der Waals surface area contributed by atoms with Crippen LogP contribution in [0.4, 0.5) is 4.39 Å². The maximum absolute atomic E-state index is 13.2. The lowest BCUT2D eigenvalue weighted by Gasteiger charge is -2.32. The molecule has 0 aliphatic carbocycles. The summed E-state index contributed by atoms with van der Waals surface area (Å²) in [7, 11) is 0. The van der Waals surface area contributed by atoms with Gasteiger partial charge in [-0.2, -0.15) is 0 Å². The predicted octanol–water partition coefficient (Wildman–Crippen LogP) is 1.63. The molecule has 5 heteroatoms. The molecule has 0 saturated carbocycles. The second-order valence-corrected chi connectivity index (χ2v) is 5.00. The maximum atomic E-state index is 13.2. The van der Waals surface area contributed by atoms with Gasteiger partial charge in [-0.15, -0.1) is 0 Å². The van der Waals surface area contributed by atoms with Gasteiger partial charge in [0.1, 0.15) is 0 Å². The summed E-state index contributed by atoms with van der Waals surface area (Å²) in [4.78, 5) is 13.1. The van der Waals surface area contributed by atoms with E-state index in [0.29, 0.717) is 12.1 Å². The van der Waals surface area contributed by atoms with Crippen LogP contribution >= 0.6 is 0 Å². The lowest BCUT2D eigenvalue weighted by molar-refractivity contribution is -0.119. The Kier molecular flexibility index (Phi) is 4.37. The first-order valence-corrected chi connectivity index (χ1v) is 6.52. The van der Waals surface area contributed by atoms with Gasteiger partial charge in [-0.25, -0.2) is 4.39 Å². The summed E-state index contributed by atoms with van der Waals surface area (Å²) in [6.45, 7) is 3.73.